The van der Waals surface area contributed by atoms with Crippen molar-refractivity contribution in [2.45, 2.75) is 32.7 Å². The molecule has 0 aliphatic heterocycles. The third kappa shape index (κ3) is 4.56. The Morgan fingerprint density at radius 1 is 1.15 bits per heavy atom. The number of benzene rings is 1. The molecule has 20 heavy (non-hydrogen) atoms. The van der Waals surface area contributed by atoms with Gasteiger partial charge in [-0.15, -0.1) is 0 Å². The quantitative estimate of drug-likeness (QED) is 0.757. The number of aryl methyl sites for hydroxylation is 1. The van der Waals surface area contributed by atoms with Crippen molar-refractivity contribution < 1.29 is 0 Å². The molecule has 0 radical (unpaired) electrons. The summed E-state index contributed by atoms with van der Waals surface area (Å²) in [6.07, 6.45) is 2.11. The van der Waals surface area contributed by atoms with Gasteiger partial charge in [0.1, 0.15) is 0 Å². The van der Waals surface area contributed by atoms with Crippen molar-refractivity contribution in [1.82, 2.24) is 10.3 Å². The van der Waals surface area contributed by atoms with E-state index in [2.05, 4.69) is 76.2 Å². The van der Waals surface area contributed by atoms with Crippen LogP contribution in [0.2, 0.25) is 0 Å². The Morgan fingerprint density at radius 3 is 2.55 bits per heavy atom. The maximum atomic E-state index is 4.68. The van der Waals surface area contributed by atoms with E-state index in [9.17, 15) is 0 Å². The lowest BCUT2D eigenvalue weighted by Crippen LogP contribution is -2.25. The molecular weight excluding hydrogens is 359 g/mol. The van der Waals surface area contributed by atoms with E-state index < -0.39 is 0 Å². The van der Waals surface area contributed by atoms with E-state index in [1.165, 1.54) is 9.13 Å². The first-order chi connectivity index (χ1) is 9.69. The maximum Gasteiger partial charge on any atom is 0.0579 e. The third-order valence-corrected chi connectivity index (χ3v) is 3.98. The molecule has 1 heterocycles. The fourth-order valence-corrected chi connectivity index (χ4v) is 2.57. The summed E-state index contributed by atoms with van der Waals surface area (Å²) in [7, 11) is 0. The molecule has 0 fully saturated rings. The summed E-state index contributed by atoms with van der Waals surface area (Å²) in [4.78, 5) is 4.68. The molecule has 0 amide bonds. The standard InChI is InChI=1S/C17H21IN2/c1-3-11-19-17(16-6-4-5-13(2)20-16)12-14-7-9-15(18)10-8-14/h4-10,17,19H,3,11-12H2,1-2H3. The summed E-state index contributed by atoms with van der Waals surface area (Å²) in [5.41, 5.74) is 3.56. The zero-order valence-corrected chi connectivity index (χ0v) is 14.2. The third-order valence-electron chi connectivity index (χ3n) is 3.26. The molecule has 1 aromatic carbocycles. The van der Waals surface area contributed by atoms with Crippen LogP contribution in [0.1, 0.15) is 36.3 Å². The van der Waals surface area contributed by atoms with Crippen LogP contribution in [0.5, 0.6) is 0 Å². The van der Waals surface area contributed by atoms with Crippen LogP contribution < -0.4 is 5.32 Å². The first kappa shape index (κ1) is 15.4. The number of nitrogens with one attached hydrogen (secondary N) is 1. The average Bonchev–Trinajstić information content (AvgIpc) is 2.45. The number of nitrogens with zero attached hydrogens (tertiary/aromatic N) is 1. The molecule has 1 unspecified atom stereocenters. The number of aromatic nitrogens is 1. The van der Waals surface area contributed by atoms with Crippen LogP contribution in [-0.4, -0.2) is 11.5 Å². The zero-order valence-electron chi connectivity index (χ0n) is 12.1. The predicted octanol–water partition coefficient (Wildman–Crippen LogP) is 4.28. The van der Waals surface area contributed by atoms with E-state index in [1.807, 2.05) is 13.0 Å². The van der Waals surface area contributed by atoms with Crippen molar-refractivity contribution >= 4 is 22.6 Å². The second kappa shape index (κ2) is 7.74. The van der Waals surface area contributed by atoms with Gasteiger partial charge in [0, 0.05) is 9.26 Å². The second-order valence-corrected chi connectivity index (χ2v) is 6.29. The Balaban J connectivity index is 2.16. The summed E-state index contributed by atoms with van der Waals surface area (Å²) in [6, 6.07) is 15.3. The Hall–Kier alpha value is -0.940. The van der Waals surface area contributed by atoms with Crippen molar-refractivity contribution in [2.24, 2.45) is 0 Å². The molecule has 0 saturated carbocycles. The second-order valence-electron chi connectivity index (χ2n) is 5.04. The van der Waals surface area contributed by atoms with Crippen LogP contribution >= 0.6 is 22.6 Å². The molecule has 0 bridgehead atoms. The maximum absolute atomic E-state index is 4.68. The van der Waals surface area contributed by atoms with Gasteiger partial charge in [-0.25, -0.2) is 0 Å². The molecule has 2 nitrogen and oxygen atoms in total. The van der Waals surface area contributed by atoms with E-state index in [-0.39, 0.29) is 6.04 Å². The minimum absolute atomic E-state index is 0.287. The van der Waals surface area contributed by atoms with Gasteiger partial charge in [-0.1, -0.05) is 25.1 Å². The van der Waals surface area contributed by atoms with E-state index in [4.69, 9.17) is 0 Å². The van der Waals surface area contributed by atoms with Gasteiger partial charge in [0.2, 0.25) is 0 Å². The highest BCUT2D eigenvalue weighted by Gasteiger charge is 2.13. The molecule has 2 rings (SSSR count). The molecule has 0 spiro atoms. The van der Waals surface area contributed by atoms with Crippen LogP contribution in [0.15, 0.2) is 42.5 Å². The van der Waals surface area contributed by atoms with Crippen LogP contribution in [0.4, 0.5) is 0 Å². The summed E-state index contributed by atoms with van der Waals surface area (Å²) < 4.78 is 1.28. The van der Waals surface area contributed by atoms with Gasteiger partial charge in [-0.3, -0.25) is 4.98 Å². The Morgan fingerprint density at radius 2 is 1.90 bits per heavy atom. The monoisotopic (exact) mass is 380 g/mol. The SMILES string of the molecule is CCCNC(Cc1ccc(I)cc1)c1cccc(C)n1. The lowest BCUT2D eigenvalue weighted by molar-refractivity contribution is 0.517. The van der Waals surface area contributed by atoms with Crippen molar-refractivity contribution in [3.8, 4) is 0 Å². The molecule has 1 N–H and O–H groups in total. The molecule has 3 heteroatoms. The number of pyridine rings is 1. The first-order valence-electron chi connectivity index (χ1n) is 7.10. The summed E-state index contributed by atoms with van der Waals surface area (Å²) >= 11 is 2.34. The van der Waals surface area contributed by atoms with Crippen LogP contribution in [0, 0.1) is 10.5 Å². The Bertz CT molecular complexity index is 537. The largest absolute Gasteiger partial charge is 0.308 e. The van der Waals surface area contributed by atoms with Crippen LogP contribution in [0.25, 0.3) is 0 Å². The molecular formula is C17H21IN2. The van der Waals surface area contributed by atoms with Crippen LogP contribution in [-0.2, 0) is 6.42 Å². The van der Waals surface area contributed by atoms with Gasteiger partial charge < -0.3 is 5.32 Å². The summed E-state index contributed by atoms with van der Waals surface area (Å²) in [6.45, 7) is 5.26. The van der Waals surface area contributed by atoms with Crippen molar-refractivity contribution in [2.75, 3.05) is 6.54 Å². The minimum Gasteiger partial charge on any atom is -0.308 e. The van der Waals surface area contributed by atoms with Gasteiger partial charge in [0.05, 0.1) is 11.7 Å². The highest BCUT2D eigenvalue weighted by atomic mass is 127. The number of hydrogen-bond acceptors (Lipinski definition) is 2. The predicted molar refractivity (Wildman–Crippen MR) is 92.9 cm³/mol. The molecule has 0 aliphatic rings. The normalized spacial score (nSPS) is 12.3. The molecule has 0 aliphatic carbocycles. The Kier molecular flexibility index (Phi) is 5.98. The number of hydrogen-bond donors (Lipinski definition) is 1. The smallest absolute Gasteiger partial charge is 0.0579 e. The van der Waals surface area contributed by atoms with Gasteiger partial charge in [-0.05, 0) is 78.7 Å². The van der Waals surface area contributed by atoms with Gasteiger partial charge >= 0.3 is 0 Å². The first-order valence-corrected chi connectivity index (χ1v) is 8.18. The lowest BCUT2D eigenvalue weighted by atomic mass is 10.0. The van der Waals surface area contributed by atoms with E-state index in [1.54, 1.807) is 0 Å². The fraction of sp³-hybridized carbons (Fsp3) is 0.353. The molecule has 106 valence electrons. The molecule has 2 aromatic rings. The average molecular weight is 380 g/mol. The highest BCUT2D eigenvalue weighted by Crippen LogP contribution is 2.18. The van der Waals surface area contributed by atoms with E-state index in [0.29, 0.717) is 0 Å². The van der Waals surface area contributed by atoms with Crippen molar-refractivity contribution in [3.05, 3.63) is 63.0 Å². The highest BCUT2D eigenvalue weighted by molar-refractivity contribution is 14.1. The zero-order chi connectivity index (χ0) is 14.4. The van der Waals surface area contributed by atoms with Gasteiger partial charge in [-0.2, -0.15) is 0 Å². The van der Waals surface area contributed by atoms with E-state index >= 15 is 0 Å². The Labute approximate surface area is 135 Å². The minimum atomic E-state index is 0.287. The van der Waals surface area contributed by atoms with Gasteiger partial charge in [0.25, 0.3) is 0 Å². The van der Waals surface area contributed by atoms with Crippen molar-refractivity contribution in [3.63, 3.8) is 0 Å². The topological polar surface area (TPSA) is 24.9 Å². The fourth-order valence-electron chi connectivity index (χ4n) is 2.21. The molecule has 0 saturated heterocycles. The van der Waals surface area contributed by atoms with E-state index in [0.717, 1.165) is 30.8 Å². The summed E-state index contributed by atoms with van der Waals surface area (Å²) in [5, 5.41) is 3.61. The van der Waals surface area contributed by atoms with Crippen LogP contribution in [0.3, 0.4) is 0 Å². The molecule has 1 aromatic heterocycles. The van der Waals surface area contributed by atoms with Crippen molar-refractivity contribution in [1.29, 1.82) is 0 Å². The number of halogens is 1. The summed E-state index contributed by atoms with van der Waals surface area (Å²) in [5.74, 6) is 0. The number of rotatable bonds is 6. The molecule has 1 atom stereocenters. The lowest BCUT2D eigenvalue weighted by Gasteiger charge is -2.18. The van der Waals surface area contributed by atoms with Gasteiger partial charge in [0.15, 0.2) is 0 Å².